The van der Waals surface area contributed by atoms with E-state index in [1.165, 1.54) is 0 Å². The van der Waals surface area contributed by atoms with Crippen molar-refractivity contribution in [2.24, 2.45) is 0 Å². The standard InChI is InChI=1S/C19H20N2O4S.C2H2O4/c1-12(22)14-4-5-15(20-11-14)8-9-25-16-6-2-13(3-7-16)10-17-18(23)21-19(24)26-17;3-1(4)2(5)6/h2-7,11-12,17,22H,8-10H2,1H3,(H,21,23,24);(H,3,4)(H,5,6)/i2D,3D,6D,7D;. The Morgan fingerprint density at radius 3 is 2.34 bits per heavy atom. The molecule has 2 heterocycles. The molecular formula is C21H22N2O8S. The fourth-order valence-corrected chi connectivity index (χ4v) is 3.14. The number of hydrogen-bond acceptors (Lipinski definition) is 8. The molecule has 170 valence electrons. The number of aliphatic hydroxyl groups is 1. The Hall–Kier alpha value is -3.44. The van der Waals surface area contributed by atoms with E-state index in [0.717, 1.165) is 11.8 Å². The first kappa shape index (κ1) is 19.3. The van der Waals surface area contributed by atoms with E-state index in [-0.39, 0.29) is 48.5 Å². The average Bonchev–Trinajstić information content (AvgIpc) is 3.14. The van der Waals surface area contributed by atoms with E-state index in [2.05, 4.69) is 10.3 Å². The number of thioether (sulfide) groups is 1. The predicted molar refractivity (Wildman–Crippen MR) is 114 cm³/mol. The van der Waals surface area contributed by atoms with Crippen molar-refractivity contribution in [3.05, 3.63) is 59.3 Å². The van der Waals surface area contributed by atoms with E-state index in [4.69, 9.17) is 30.0 Å². The quantitative estimate of drug-likeness (QED) is 0.442. The summed E-state index contributed by atoms with van der Waals surface area (Å²) in [4.78, 5) is 45.5. The first-order valence-electron chi connectivity index (χ1n) is 11.2. The summed E-state index contributed by atoms with van der Waals surface area (Å²) < 4.78 is 38.2. The number of carbonyl (C=O) groups is 4. The molecule has 2 aromatic rings. The van der Waals surface area contributed by atoms with Gasteiger partial charge in [0.05, 0.1) is 23.4 Å². The topological polar surface area (TPSA) is 163 Å². The molecule has 0 spiro atoms. The van der Waals surface area contributed by atoms with Crippen LogP contribution in [0.1, 0.15) is 35.3 Å². The van der Waals surface area contributed by atoms with Crippen LogP contribution < -0.4 is 10.1 Å². The number of aliphatic hydroxyl groups excluding tert-OH is 1. The maximum Gasteiger partial charge on any atom is 0.414 e. The molecule has 0 radical (unpaired) electrons. The van der Waals surface area contributed by atoms with Crippen molar-refractivity contribution < 1.29 is 44.7 Å². The maximum absolute atomic E-state index is 11.8. The molecule has 1 aromatic carbocycles. The molecule has 0 saturated carbocycles. The molecule has 1 aliphatic heterocycles. The highest BCUT2D eigenvalue weighted by molar-refractivity contribution is 8.15. The van der Waals surface area contributed by atoms with Gasteiger partial charge in [0.1, 0.15) is 5.75 Å². The summed E-state index contributed by atoms with van der Waals surface area (Å²) in [5.41, 5.74) is 1.45. The van der Waals surface area contributed by atoms with Gasteiger partial charge in [-0.1, -0.05) is 29.9 Å². The van der Waals surface area contributed by atoms with Crippen LogP contribution >= 0.6 is 11.8 Å². The molecule has 1 fully saturated rings. The van der Waals surface area contributed by atoms with Gasteiger partial charge < -0.3 is 20.1 Å². The fourth-order valence-electron chi connectivity index (χ4n) is 2.30. The number of hydrogen-bond donors (Lipinski definition) is 4. The van der Waals surface area contributed by atoms with Crippen molar-refractivity contribution in [3.8, 4) is 5.75 Å². The number of imide groups is 1. The van der Waals surface area contributed by atoms with E-state index >= 15 is 0 Å². The second kappa shape index (κ2) is 11.8. The zero-order valence-electron chi connectivity index (χ0n) is 20.7. The Kier molecular flexibility index (Phi) is 7.11. The molecule has 0 aliphatic carbocycles. The summed E-state index contributed by atoms with van der Waals surface area (Å²) in [7, 11) is 0. The van der Waals surface area contributed by atoms with Crippen molar-refractivity contribution >= 4 is 34.8 Å². The first-order chi connectivity index (χ1) is 16.8. The summed E-state index contributed by atoms with van der Waals surface area (Å²) in [6.07, 6.45) is 1.24. The number of aromatic nitrogens is 1. The van der Waals surface area contributed by atoms with Crippen LogP contribution in [0.5, 0.6) is 5.75 Å². The molecular weight excluding hydrogens is 440 g/mol. The Labute approximate surface area is 193 Å². The number of benzene rings is 1. The smallest absolute Gasteiger partial charge is 0.414 e. The Bertz CT molecular complexity index is 1140. The lowest BCUT2D eigenvalue weighted by Gasteiger charge is -2.09. The van der Waals surface area contributed by atoms with Crippen LogP contribution in [0.25, 0.3) is 0 Å². The van der Waals surface area contributed by atoms with E-state index in [9.17, 15) is 14.7 Å². The molecule has 4 N–H and O–H groups in total. The SMILES string of the molecule is O=C(O)C(=O)O.[2H]c1c([2H])c(OCCc2ccc(C(C)O)cn2)c([2H])c([2H])c1CC1SC(=O)NC1=O. The van der Waals surface area contributed by atoms with Crippen molar-refractivity contribution in [3.63, 3.8) is 0 Å². The molecule has 3 rings (SSSR count). The van der Waals surface area contributed by atoms with Crippen molar-refractivity contribution in [2.45, 2.75) is 31.1 Å². The Balaban J connectivity index is 0.000000678. The van der Waals surface area contributed by atoms with E-state index in [0.29, 0.717) is 17.7 Å². The zero-order valence-corrected chi connectivity index (χ0v) is 17.6. The normalized spacial score (nSPS) is 17.6. The molecule has 32 heavy (non-hydrogen) atoms. The lowest BCUT2D eigenvalue weighted by atomic mass is 10.1. The third-order valence-electron chi connectivity index (χ3n) is 3.93. The van der Waals surface area contributed by atoms with E-state index in [1.54, 1.807) is 25.3 Å². The lowest BCUT2D eigenvalue weighted by Crippen LogP contribution is -2.25. The van der Waals surface area contributed by atoms with Gasteiger partial charge in [-0.25, -0.2) is 9.59 Å². The van der Waals surface area contributed by atoms with Crippen molar-refractivity contribution in [1.82, 2.24) is 10.3 Å². The molecule has 2 unspecified atom stereocenters. The van der Waals surface area contributed by atoms with Crippen molar-refractivity contribution in [2.75, 3.05) is 6.61 Å². The Morgan fingerprint density at radius 2 is 1.88 bits per heavy atom. The van der Waals surface area contributed by atoms with Gasteiger partial charge in [0.25, 0.3) is 5.24 Å². The summed E-state index contributed by atoms with van der Waals surface area (Å²) in [5.74, 6) is -4.32. The Morgan fingerprint density at radius 1 is 1.22 bits per heavy atom. The fraction of sp³-hybridized carbons (Fsp3) is 0.286. The van der Waals surface area contributed by atoms with Gasteiger partial charge in [-0.2, -0.15) is 0 Å². The molecule has 2 amide bonds. The average molecular weight is 467 g/mol. The van der Waals surface area contributed by atoms with Crippen LogP contribution in [0.4, 0.5) is 4.79 Å². The third-order valence-corrected chi connectivity index (χ3v) is 4.91. The second-order valence-electron chi connectivity index (χ2n) is 6.36. The number of ether oxygens (including phenoxy) is 1. The van der Waals surface area contributed by atoms with Crippen molar-refractivity contribution in [1.29, 1.82) is 0 Å². The number of carboxylic acids is 2. The highest BCUT2D eigenvalue weighted by atomic mass is 32.2. The maximum atomic E-state index is 11.8. The minimum absolute atomic E-state index is 0.0649. The van der Waals surface area contributed by atoms with E-state index < -0.39 is 34.4 Å². The van der Waals surface area contributed by atoms with Crippen LogP contribution in [0, 0.1) is 0 Å². The number of aliphatic carboxylic acids is 2. The molecule has 10 nitrogen and oxygen atoms in total. The van der Waals surface area contributed by atoms with Crippen LogP contribution in [0.15, 0.2) is 42.5 Å². The first-order valence-corrected chi connectivity index (χ1v) is 10.0. The predicted octanol–water partition coefficient (Wildman–Crippen LogP) is 1.81. The lowest BCUT2D eigenvalue weighted by molar-refractivity contribution is -0.159. The zero-order chi connectivity index (χ0) is 27.2. The van der Waals surface area contributed by atoms with Gasteiger partial charge in [-0.3, -0.25) is 19.9 Å². The third kappa shape index (κ3) is 8.00. The summed E-state index contributed by atoms with van der Waals surface area (Å²) in [5, 5.41) is 25.2. The van der Waals surface area contributed by atoms with Gasteiger partial charge in [0.15, 0.2) is 0 Å². The number of amides is 2. The number of pyridine rings is 1. The largest absolute Gasteiger partial charge is 0.493 e. The van der Waals surface area contributed by atoms with Gasteiger partial charge in [0, 0.05) is 18.3 Å². The van der Waals surface area contributed by atoms with E-state index in [1.807, 2.05) is 0 Å². The number of rotatable bonds is 7. The monoisotopic (exact) mass is 466 g/mol. The summed E-state index contributed by atoms with van der Waals surface area (Å²) in [6, 6.07) is 2.24. The number of carboxylic acid groups (broad SMARTS) is 2. The summed E-state index contributed by atoms with van der Waals surface area (Å²) >= 11 is 0.773. The number of nitrogens with one attached hydrogen (secondary N) is 1. The number of carbonyl (C=O) groups excluding carboxylic acids is 2. The molecule has 1 aliphatic rings. The summed E-state index contributed by atoms with van der Waals surface area (Å²) in [6.45, 7) is 1.73. The molecule has 0 bridgehead atoms. The van der Waals surface area contributed by atoms with Gasteiger partial charge in [-0.05, 0) is 42.6 Å². The van der Waals surface area contributed by atoms with Gasteiger partial charge in [0.2, 0.25) is 5.91 Å². The van der Waals surface area contributed by atoms with Crippen LogP contribution in [0.3, 0.4) is 0 Å². The van der Waals surface area contributed by atoms with Crippen LogP contribution in [-0.4, -0.2) is 55.2 Å². The second-order valence-corrected chi connectivity index (χ2v) is 7.54. The minimum Gasteiger partial charge on any atom is -0.493 e. The molecule has 1 saturated heterocycles. The minimum atomic E-state index is -1.82. The molecule has 1 aromatic heterocycles. The molecule has 11 heteroatoms. The molecule has 2 atom stereocenters. The number of nitrogens with zero attached hydrogens (tertiary/aromatic N) is 1. The highest BCUT2D eigenvalue weighted by Gasteiger charge is 2.31. The highest BCUT2D eigenvalue weighted by Crippen LogP contribution is 2.24. The van der Waals surface area contributed by atoms with Crippen LogP contribution in [-0.2, 0) is 27.2 Å². The van der Waals surface area contributed by atoms with Gasteiger partial charge >= 0.3 is 11.9 Å². The van der Waals surface area contributed by atoms with Gasteiger partial charge in [-0.15, -0.1) is 0 Å². The van der Waals surface area contributed by atoms with Crippen LogP contribution in [0.2, 0.25) is 0 Å².